The lowest BCUT2D eigenvalue weighted by Gasteiger charge is -2.24. The van der Waals surface area contributed by atoms with E-state index in [9.17, 15) is 21.6 Å². The van der Waals surface area contributed by atoms with Crippen LogP contribution in [0.4, 0.5) is 0 Å². The van der Waals surface area contributed by atoms with Crippen LogP contribution in [0.1, 0.15) is 37.6 Å². The molecule has 134 valence electrons. The summed E-state index contributed by atoms with van der Waals surface area (Å²) in [5.74, 6) is -0.317. The van der Waals surface area contributed by atoms with Crippen molar-refractivity contribution in [3.8, 4) is 0 Å². The fourth-order valence-electron chi connectivity index (χ4n) is 2.64. The second kappa shape index (κ2) is 6.12. The molecule has 1 aliphatic rings. The topological polar surface area (TPSA) is 115 Å². The number of sulfonamides is 1. The molecule has 1 heterocycles. The first-order valence-corrected chi connectivity index (χ1v) is 10.6. The summed E-state index contributed by atoms with van der Waals surface area (Å²) in [4.78, 5) is 13.9. The second-order valence-corrected chi connectivity index (χ2v) is 11.4. The number of benzene rings is 1. The summed E-state index contributed by atoms with van der Waals surface area (Å²) >= 11 is 0. The molecule has 9 heteroatoms. The van der Waals surface area contributed by atoms with Crippen molar-refractivity contribution in [1.82, 2.24) is 4.90 Å². The van der Waals surface area contributed by atoms with Crippen LogP contribution in [0, 0.1) is 0 Å². The Balaban J connectivity index is 2.16. The highest BCUT2D eigenvalue weighted by Crippen LogP contribution is 2.27. The van der Waals surface area contributed by atoms with Gasteiger partial charge < -0.3 is 4.90 Å². The van der Waals surface area contributed by atoms with E-state index >= 15 is 0 Å². The van der Waals surface area contributed by atoms with Gasteiger partial charge in [0.1, 0.15) is 0 Å². The molecule has 0 spiro atoms. The van der Waals surface area contributed by atoms with E-state index in [4.69, 9.17) is 5.14 Å². The number of amides is 1. The Labute approximate surface area is 142 Å². The number of carbonyl (C=O) groups excluding carboxylic acids is 1. The molecule has 1 saturated heterocycles. The van der Waals surface area contributed by atoms with Crippen molar-refractivity contribution >= 4 is 25.8 Å². The minimum absolute atomic E-state index is 0.0753. The molecule has 2 rings (SSSR count). The maximum Gasteiger partial charge on any atom is 0.253 e. The number of primary sulfonamides is 1. The van der Waals surface area contributed by atoms with E-state index in [-0.39, 0.29) is 17.3 Å². The van der Waals surface area contributed by atoms with Gasteiger partial charge in [-0.2, -0.15) is 0 Å². The van der Waals surface area contributed by atoms with E-state index in [0.29, 0.717) is 18.5 Å². The lowest BCUT2D eigenvalue weighted by Crippen LogP contribution is -2.39. The third-order valence-corrected chi connectivity index (χ3v) is 8.05. The summed E-state index contributed by atoms with van der Waals surface area (Å²) in [5.41, 5.74) is 0.302. The molecule has 2 N–H and O–H groups in total. The molecule has 0 bridgehead atoms. The summed E-state index contributed by atoms with van der Waals surface area (Å²) in [6.45, 7) is 5.46. The Morgan fingerprint density at radius 2 is 1.67 bits per heavy atom. The van der Waals surface area contributed by atoms with Gasteiger partial charge in [-0.25, -0.2) is 22.0 Å². The van der Waals surface area contributed by atoms with Crippen molar-refractivity contribution in [2.45, 2.75) is 42.1 Å². The highest BCUT2D eigenvalue weighted by molar-refractivity contribution is 7.93. The van der Waals surface area contributed by atoms with Crippen molar-refractivity contribution in [2.75, 3.05) is 13.1 Å². The van der Waals surface area contributed by atoms with Crippen LogP contribution in [0.2, 0.25) is 0 Å². The Bertz CT molecular complexity index is 837. The van der Waals surface area contributed by atoms with Gasteiger partial charge in [0.2, 0.25) is 10.0 Å². The molecule has 1 atom stereocenters. The van der Waals surface area contributed by atoms with Crippen molar-refractivity contribution in [2.24, 2.45) is 5.14 Å². The third-order valence-electron chi connectivity index (χ3n) is 4.15. The molecule has 1 fully saturated rings. The number of nitrogens with zero attached hydrogens (tertiary/aromatic N) is 1. The third kappa shape index (κ3) is 3.62. The molecule has 1 aliphatic heterocycles. The Hall–Kier alpha value is -1.45. The van der Waals surface area contributed by atoms with E-state index in [1.54, 1.807) is 20.8 Å². The minimum atomic E-state index is -3.81. The van der Waals surface area contributed by atoms with Crippen LogP contribution in [0.15, 0.2) is 29.2 Å². The summed E-state index contributed by atoms with van der Waals surface area (Å²) in [5, 5.41) is 4.44. The van der Waals surface area contributed by atoms with Gasteiger partial charge in [-0.3, -0.25) is 4.79 Å². The molecule has 1 unspecified atom stereocenters. The van der Waals surface area contributed by atoms with Crippen molar-refractivity contribution in [3.63, 3.8) is 0 Å². The normalized spacial score (nSPS) is 19.5. The molecule has 0 saturated carbocycles. The number of sulfone groups is 1. The predicted octanol–water partition coefficient (Wildman–Crippen LogP) is 0.762. The fraction of sp³-hybridized carbons (Fsp3) is 0.533. The Morgan fingerprint density at radius 3 is 2.12 bits per heavy atom. The smallest absolute Gasteiger partial charge is 0.253 e. The zero-order valence-electron chi connectivity index (χ0n) is 13.9. The van der Waals surface area contributed by atoms with Crippen molar-refractivity contribution in [3.05, 3.63) is 29.8 Å². The molecule has 7 nitrogen and oxygen atoms in total. The lowest BCUT2D eigenvalue weighted by atomic mass is 10.2. The largest absolute Gasteiger partial charge is 0.337 e. The van der Waals surface area contributed by atoms with Gasteiger partial charge in [0.15, 0.2) is 9.84 Å². The SMILES string of the molecule is CC(C)(C)S(=O)(=O)C1CCN(C(=O)c2ccc(S(N)(=O)=O)cc2)C1. The fourth-order valence-corrected chi connectivity index (χ4v) is 4.94. The monoisotopic (exact) mass is 374 g/mol. The molecule has 0 aliphatic carbocycles. The lowest BCUT2D eigenvalue weighted by molar-refractivity contribution is 0.0793. The molecule has 1 aromatic carbocycles. The van der Waals surface area contributed by atoms with Gasteiger partial charge in [0.25, 0.3) is 5.91 Å². The summed E-state index contributed by atoms with van der Waals surface area (Å²) in [6.07, 6.45) is 0.403. The van der Waals surface area contributed by atoms with Gasteiger partial charge in [-0.15, -0.1) is 0 Å². The van der Waals surface area contributed by atoms with Crippen LogP contribution in [-0.4, -0.2) is 50.7 Å². The predicted molar refractivity (Wildman–Crippen MR) is 90.8 cm³/mol. The first kappa shape index (κ1) is 18.9. The van der Waals surface area contributed by atoms with Crippen molar-refractivity contribution < 1.29 is 21.6 Å². The van der Waals surface area contributed by atoms with Gasteiger partial charge >= 0.3 is 0 Å². The molecular formula is C15H22N2O5S2. The van der Waals surface area contributed by atoms with Gasteiger partial charge in [0.05, 0.1) is 14.9 Å². The number of carbonyl (C=O) groups is 1. The van der Waals surface area contributed by atoms with E-state index in [2.05, 4.69) is 0 Å². The van der Waals surface area contributed by atoms with Crippen molar-refractivity contribution in [1.29, 1.82) is 0 Å². The quantitative estimate of drug-likeness (QED) is 0.839. The second-order valence-electron chi connectivity index (χ2n) is 6.89. The molecule has 1 aromatic rings. The summed E-state index contributed by atoms with van der Waals surface area (Å²) in [7, 11) is -7.15. The zero-order valence-corrected chi connectivity index (χ0v) is 15.5. The van der Waals surface area contributed by atoms with Crippen LogP contribution in [0.3, 0.4) is 0 Å². The molecule has 0 aromatic heterocycles. The van der Waals surface area contributed by atoms with Crippen LogP contribution < -0.4 is 5.14 Å². The standard InChI is InChI=1S/C15H22N2O5S2/c1-15(2,3)23(19,20)13-8-9-17(10-13)14(18)11-4-6-12(7-5-11)24(16,21)22/h4-7,13H,8-10H2,1-3H3,(H2,16,21,22). The number of likely N-dealkylation sites (tertiary alicyclic amines) is 1. The van der Waals surface area contributed by atoms with Crippen LogP contribution in [0.5, 0.6) is 0 Å². The van der Waals surface area contributed by atoms with Gasteiger partial charge in [0, 0.05) is 18.7 Å². The number of hydrogen-bond donors (Lipinski definition) is 1. The highest BCUT2D eigenvalue weighted by Gasteiger charge is 2.41. The van der Waals surface area contributed by atoms with E-state index in [1.165, 1.54) is 29.2 Å². The average Bonchev–Trinajstić information content (AvgIpc) is 2.95. The Morgan fingerprint density at radius 1 is 1.12 bits per heavy atom. The number of rotatable bonds is 3. The van der Waals surface area contributed by atoms with E-state index in [1.807, 2.05) is 0 Å². The Kier molecular flexibility index (Phi) is 4.82. The van der Waals surface area contributed by atoms with Crippen LogP contribution in [0.25, 0.3) is 0 Å². The summed E-state index contributed by atoms with van der Waals surface area (Å²) in [6, 6.07) is 5.30. The van der Waals surface area contributed by atoms with Gasteiger partial charge in [-0.1, -0.05) is 0 Å². The minimum Gasteiger partial charge on any atom is -0.337 e. The van der Waals surface area contributed by atoms with Crippen LogP contribution >= 0.6 is 0 Å². The number of nitrogens with two attached hydrogens (primary N) is 1. The maximum atomic E-state index is 12.5. The number of hydrogen-bond acceptors (Lipinski definition) is 5. The highest BCUT2D eigenvalue weighted by atomic mass is 32.2. The molecule has 24 heavy (non-hydrogen) atoms. The average molecular weight is 374 g/mol. The zero-order chi connectivity index (χ0) is 18.3. The maximum absolute atomic E-state index is 12.5. The first-order valence-electron chi connectivity index (χ1n) is 7.49. The molecular weight excluding hydrogens is 352 g/mol. The first-order chi connectivity index (χ1) is 10.8. The van der Waals surface area contributed by atoms with E-state index < -0.39 is 29.9 Å². The summed E-state index contributed by atoms with van der Waals surface area (Å²) < 4.78 is 46.6. The van der Waals surface area contributed by atoms with E-state index in [0.717, 1.165) is 0 Å². The van der Waals surface area contributed by atoms with Crippen LogP contribution in [-0.2, 0) is 19.9 Å². The molecule has 0 radical (unpaired) electrons. The van der Waals surface area contributed by atoms with Gasteiger partial charge in [-0.05, 0) is 51.5 Å². The molecule has 1 amide bonds.